The zero-order chi connectivity index (χ0) is 40.8. The van der Waals surface area contributed by atoms with Gasteiger partial charge in [-0.1, -0.05) is 133 Å². The van der Waals surface area contributed by atoms with Gasteiger partial charge in [0.05, 0.1) is 5.56 Å². The monoisotopic (exact) mass is 759 g/mol. The average Bonchev–Trinajstić information content (AvgIpc) is 3.56. The maximum Gasteiger partial charge on any atom is 0.216 e. The lowest BCUT2D eigenvalue weighted by Gasteiger charge is -2.22. The summed E-state index contributed by atoms with van der Waals surface area (Å²) in [5.74, 6) is 2.35. The molecule has 0 saturated carbocycles. The lowest BCUT2D eigenvalue weighted by Crippen LogP contribution is -2.31. The predicted molar refractivity (Wildman–Crippen MR) is 241 cm³/mol. The molecular formula is C53H51N4O+. The number of furan rings is 1. The number of hydrogen-bond donors (Lipinski definition) is 0. The summed E-state index contributed by atoms with van der Waals surface area (Å²) < 4.78 is 9.29. The van der Waals surface area contributed by atoms with E-state index in [0.717, 1.165) is 61.8 Å². The maximum absolute atomic E-state index is 7.04. The van der Waals surface area contributed by atoms with Crippen molar-refractivity contribution in [2.45, 2.75) is 80.1 Å². The summed E-state index contributed by atoms with van der Waals surface area (Å²) in [6.07, 6.45) is 2.26. The van der Waals surface area contributed by atoms with Gasteiger partial charge in [0.25, 0.3) is 0 Å². The van der Waals surface area contributed by atoms with Crippen LogP contribution in [-0.2, 0) is 17.9 Å². The van der Waals surface area contributed by atoms with Crippen LogP contribution in [-0.4, -0.2) is 15.0 Å². The van der Waals surface area contributed by atoms with Crippen LogP contribution < -0.4 is 4.57 Å². The highest BCUT2D eigenvalue weighted by molar-refractivity contribution is 6.24. The summed E-state index contributed by atoms with van der Waals surface area (Å²) in [5, 5.41) is 7.05. The minimum absolute atomic E-state index is 0.186. The third-order valence-corrected chi connectivity index (χ3v) is 11.7. The molecule has 0 N–H and O–H groups in total. The van der Waals surface area contributed by atoms with Crippen molar-refractivity contribution in [2.24, 2.45) is 7.05 Å². The lowest BCUT2D eigenvalue weighted by atomic mass is 9.88. The summed E-state index contributed by atoms with van der Waals surface area (Å²) in [5.41, 5.74) is 14.5. The molecule has 0 bridgehead atoms. The molecule has 9 aromatic rings. The highest BCUT2D eigenvalue weighted by atomic mass is 16.3. The zero-order valence-corrected chi connectivity index (χ0v) is 35.6. The van der Waals surface area contributed by atoms with Crippen LogP contribution in [0.4, 0.5) is 0 Å². The van der Waals surface area contributed by atoms with Crippen molar-refractivity contribution in [1.29, 1.82) is 0 Å². The topological polar surface area (TPSA) is 55.7 Å². The number of nitrogens with zero attached hydrogens (tertiary/aromatic N) is 4. The van der Waals surface area contributed by atoms with Crippen molar-refractivity contribution in [2.75, 3.05) is 0 Å². The number of benzene rings is 6. The molecule has 5 nitrogen and oxygen atoms in total. The average molecular weight is 760 g/mol. The van der Waals surface area contributed by atoms with E-state index in [1.165, 1.54) is 60.5 Å². The smallest absolute Gasteiger partial charge is 0.216 e. The first-order valence-electron chi connectivity index (χ1n) is 20.3. The van der Waals surface area contributed by atoms with Crippen LogP contribution in [0.3, 0.4) is 0 Å². The first kappa shape index (κ1) is 37.4. The molecule has 0 amide bonds. The molecule has 288 valence electrons. The van der Waals surface area contributed by atoms with E-state index in [9.17, 15) is 0 Å². The van der Waals surface area contributed by atoms with Crippen molar-refractivity contribution < 1.29 is 8.98 Å². The Morgan fingerprint density at radius 3 is 1.76 bits per heavy atom. The molecule has 3 heterocycles. The maximum atomic E-state index is 7.04. The van der Waals surface area contributed by atoms with E-state index in [0.29, 0.717) is 0 Å². The molecule has 0 saturated heterocycles. The molecule has 58 heavy (non-hydrogen) atoms. The second-order valence-corrected chi connectivity index (χ2v) is 18.3. The molecule has 5 heteroatoms. The fourth-order valence-electron chi connectivity index (χ4n) is 8.64. The second kappa shape index (κ2) is 13.4. The van der Waals surface area contributed by atoms with Gasteiger partial charge in [-0.3, -0.25) is 0 Å². The molecule has 0 atom stereocenters. The highest BCUT2D eigenvalue weighted by Crippen LogP contribution is 2.43. The first-order chi connectivity index (χ1) is 27.6. The fourth-order valence-corrected chi connectivity index (χ4v) is 8.64. The molecule has 9 rings (SSSR count). The molecule has 0 aliphatic carbocycles. The number of hydrogen-bond acceptors (Lipinski definition) is 4. The van der Waals surface area contributed by atoms with Gasteiger partial charge in [0.15, 0.2) is 12.0 Å². The molecule has 0 aliphatic heterocycles. The molecule has 0 radical (unpaired) electrons. The van der Waals surface area contributed by atoms with Gasteiger partial charge in [-0.15, -0.1) is 0 Å². The van der Waals surface area contributed by atoms with Gasteiger partial charge in [-0.25, -0.2) is 19.5 Å². The fraction of sp³-hybridized carbons (Fsp3) is 0.245. The second-order valence-electron chi connectivity index (χ2n) is 18.3. The van der Waals surface area contributed by atoms with Crippen LogP contribution in [0.1, 0.15) is 75.4 Å². The molecule has 3 aromatic heterocycles. The van der Waals surface area contributed by atoms with Crippen molar-refractivity contribution in [3.8, 4) is 44.9 Å². The van der Waals surface area contributed by atoms with Crippen LogP contribution in [0, 0.1) is 27.7 Å². The molecule has 6 aromatic carbocycles. The standard InChI is InChI=1S/C53H51N4O/c1-30-16-24-40-41-25-23-36-20-19-35-14-12-13-15-39(35)46(36)48(41)58-47(40)45(30)43-28-42(33(4)29-57(43)11)44-31(2)26-38(27-32(44)3)34-17-21-37(22-18-34)49-54-50(52(5,6)7)56-51(55-49)53(8,9)10/h12-29H,1-11H3/q+1. The number of aromatic nitrogens is 4. The van der Waals surface area contributed by atoms with Gasteiger partial charge in [0, 0.05) is 44.2 Å². The number of rotatable bonds is 4. The third kappa shape index (κ3) is 6.25. The van der Waals surface area contributed by atoms with E-state index in [1.54, 1.807) is 0 Å². The van der Waals surface area contributed by atoms with Crippen molar-refractivity contribution in [1.82, 2.24) is 15.0 Å². The Kier molecular flexibility index (Phi) is 8.67. The van der Waals surface area contributed by atoms with E-state index in [4.69, 9.17) is 19.4 Å². The van der Waals surface area contributed by atoms with Gasteiger partial charge in [-0.05, 0) is 88.9 Å². The van der Waals surface area contributed by atoms with E-state index >= 15 is 0 Å². The molecule has 0 aliphatic rings. The van der Waals surface area contributed by atoms with Crippen molar-refractivity contribution in [3.05, 3.63) is 143 Å². The van der Waals surface area contributed by atoms with Gasteiger partial charge in [0.2, 0.25) is 5.69 Å². The summed E-state index contributed by atoms with van der Waals surface area (Å²) in [6, 6.07) is 37.6. The van der Waals surface area contributed by atoms with E-state index in [1.807, 2.05) is 0 Å². The van der Waals surface area contributed by atoms with Gasteiger partial charge >= 0.3 is 0 Å². The number of aryl methyl sites for hydroxylation is 5. The Balaban J connectivity index is 1.13. The predicted octanol–water partition coefficient (Wildman–Crippen LogP) is 13.4. The van der Waals surface area contributed by atoms with Crippen molar-refractivity contribution >= 4 is 43.5 Å². The summed E-state index contributed by atoms with van der Waals surface area (Å²) in [7, 11) is 2.15. The highest BCUT2D eigenvalue weighted by Gasteiger charge is 2.27. The first-order valence-corrected chi connectivity index (χ1v) is 20.3. The van der Waals surface area contributed by atoms with Gasteiger partial charge in [-0.2, -0.15) is 0 Å². The van der Waals surface area contributed by atoms with Crippen LogP contribution in [0.15, 0.2) is 114 Å². The molecule has 0 spiro atoms. The van der Waals surface area contributed by atoms with E-state index < -0.39 is 0 Å². The van der Waals surface area contributed by atoms with Crippen molar-refractivity contribution in [3.63, 3.8) is 0 Å². The summed E-state index contributed by atoms with van der Waals surface area (Å²) in [6.45, 7) is 21.8. The summed E-state index contributed by atoms with van der Waals surface area (Å²) in [4.78, 5) is 14.7. The molecule has 0 fully saturated rings. The van der Waals surface area contributed by atoms with Gasteiger partial charge < -0.3 is 4.42 Å². The molecule has 0 unspecified atom stereocenters. The minimum atomic E-state index is -0.186. The Labute approximate surface area is 341 Å². The number of pyridine rings is 1. The van der Waals surface area contributed by atoms with Gasteiger partial charge in [0.1, 0.15) is 29.9 Å². The van der Waals surface area contributed by atoms with Crippen LogP contribution in [0.5, 0.6) is 0 Å². The Hall–Kier alpha value is -6.20. The van der Waals surface area contributed by atoms with E-state index in [-0.39, 0.29) is 10.8 Å². The third-order valence-electron chi connectivity index (χ3n) is 11.7. The number of fused-ring (bicyclic) bond motifs is 7. The lowest BCUT2D eigenvalue weighted by molar-refractivity contribution is -0.660. The normalized spacial score (nSPS) is 12.4. The SMILES string of the molecule is Cc1c[n+](C)c(-c2c(C)ccc3c2oc2c3ccc3ccc4ccccc4c32)cc1-c1c(C)cc(-c2ccc(-c3nc(C(C)(C)C)nc(C(C)(C)C)n3)cc2)cc1C. The van der Waals surface area contributed by atoms with E-state index in [2.05, 4.69) is 190 Å². The Morgan fingerprint density at radius 1 is 0.500 bits per heavy atom. The Morgan fingerprint density at radius 2 is 1.09 bits per heavy atom. The Bertz CT molecular complexity index is 3060. The minimum Gasteiger partial charge on any atom is -0.454 e. The quantitative estimate of drug-likeness (QED) is 0.132. The zero-order valence-electron chi connectivity index (χ0n) is 35.6. The molecular weight excluding hydrogens is 709 g/mol. The largest absolute Gasteiger partial charge is 0.454 e. The summed E-state index contributed by atoms with van der Waals surface area (Å²) >= 11 is 0. The van der Waals surface area contributed by atoms with Crippen LogP contribution in [0.25, 0.3) is 88.4 Å². The van der Waals surface area contributed by atoms with Crippen LogP contribution in [0.2, 0.25) is 0 Å². The van der Waals surface area contributed by atoms with Crippen LogP contribution >= 0.6 is 0 Å².